The normalized spacial score (nSPS) is 22.7. The first kappa shape index (κ1) is 11.7. The van der Waals surface area contributed by atoms with Crippen LogP contribution in [0.25, 0.3) is 0 Å². The fourth-order valence-corrected chi connectivity index (χ4v) is 2.09. The van der Waals surface area contributed by atoms with Crippen LogP contribution in [0.5, 0.6) is 11.5 Å². The van der Waals surface area contributed by atoms with E-state index >= 15 is 0 Å². The lowest BCUT2D eigenvalue weighted by atomic mass is 9.83. The summed E-state index contributed by atoms with van der Waals surface area (Å²) in [6.45, 7) is 0.106. The Morgan fingerprint density at radius 2 is 2.00 bits per heavy atom. The maximum Gasteiger partial charge on any atom is 0.160 e. The molecule has 0 aliphatic heterocycles. The molecule has 0 saturated heterocycles. The highest BCUT2D eigenvalue weighted by atomic mass is 16.5. The maximum atomic E-state index is 9.55. The number of hydrogen-bond donors (Lipinski definition) is 2. The van der Waals surface area contributed by atoms with E-state index < -0.39 is 0 Å². The van der Waals surface area contributed by atoms with Crippen molar-refractivity contribution in [2.45, 2.75) is 5.92 Å². The molecule has 0 heterocycles. The standard InChI is InChI=1S/C14H16O3/c1-17-14-8-10(6-7-13(14)16)12-5-3-2-4-11(12)9-15/h2-8,11-12,15-16H,9H2,1H3/t11-,12-/m0/s1. The molecule has 2 N–H and O–H groups in total. The Morgan fingerprint density at radius 1 is 1.24 bits per heavy atom. The SMILES string of the molecule is COc1cc([C@@H]2C=CC=C[C@H]2CO)ccc1O. The molecule has 0 spiro atoms. The van der Waals surface area contributed by atoms with Crippen LogP contribution in [0.2, 0.25) is 0 Å². The Labute approximate surface area is 101 Å². The van der Waals surface area contributed by atoms with E-state index in [9.17, 15) is 10.2 Å². The summed E-state index contributed by atoms with van der Waals surface area (Å²) in [4.78, 5) is 0. The summed E-state index contributed by atoms with van der Waals surface area (Å²) in [6, 6.07) is 5.29. The number of allylic oxidation sites excluding steroid dienone is 3. The van der Waals surface area contributed by atoms with Crippen molar-refractivity contribution in [1.82, 2.24) is 0 Å². The van der Waals surface area contributed by atoms with Crippen molar-refractivity contribution < 1.29 is 14.9 Å². The minimum Gasteiger partial charge on any atom is -0.504 e. The molecule has 0 bridgehead atoms. The Hall–Kier alpha value is -1.74. The minimum absolute atomic E-state index is 0.0780. The summed E-state index contributed by atoms with van der Waals surface area (Å²) in [5.41, 5.74) is 1.03. The molecule has 0 unspecified atom stereocenters. The van der Waals surface area contributed by atoms with E-state index in [1.807, 2.05) is 36.4 Å². The van der Waals surface area contributed by atoms with Gasteiger partial charge in [0.15, 0.2) is 11.5 Å². The zero-order valence-corrected chi connectivity index (χ0v) is 9.71. The topological polar surface area (TPSA) is 49.7 Å². The van der Waals surface area contributed by atoms with E-state index in [2.05, 4.69) is 0 Å². The molecule has 17 heavy (non-hydrogen) atoms. The van der Waals surface area contributed by atoms with E-state index in [4.69, 9.17) is 4.74 Å². The fourth-order valence-electron chi connectivity index (χ4n) is 2.09. The van der Waals surface area contributed by atoms with Gasteiger partial charge in [-0.2, -0.15) is 0 Å². The highest BCUT2D eigenvalue weighted by molar-refractivity contribution is 5.44. The Kier molecular flexibility index (Phi) is 3.49. The van der Waals surface area contributed by atoms with Gasteiger partial charge in [-0.3, -0.25) is 0 Å². The molecule has 3 nitrogen and oxygen atoms in total. The number of hydrogen-bond acceptors (Lipinski definition) is 3. The number of aromatic hydroxyl groups is 1. The smallest absolute Gasteiger partial charge is 0.160 e. The van der Waals surface area contributed by atoms with Gasteiger partial charge >= 0.3 is 0 Å². The van der Waals surface area contributed by atoms with E-state index in [1.54, 1.807) is 6.07 Å². The lowest BCUT2D eigenvalue weighted by Gasteiger charge is -2.23. The first-order chi connectivity index (χ1) is 8.26. The van der Waals surface area contributed by atoms with Crippen molar-refractivity contribution in [3.8, 4) is 11.5 Å². The second-order valence-electron chi connectivity index (χ2n) is 4.07. The molecule has 0 saturated carbocycles. The summed E-state index contributed by atoms with van der Waals surface area (Å²) in [6.07, 6.45) is 7.95. The number of rotatable bonds is 3. The summed E-state index contributed by atoms with van der Waals surface area (Å²) in [5, 5.41) is 18.9. The molecule has 1 aromatic rings. The average molecular weight is 232 g/mol. The Morgan fingerprint density at radius 3 is 2.71 bits per heavy atom. The van der Waals surface area contributed by atoms with Crippen molar-refractivity contribution in [2.75, 3.05) is 13.7 Å². The first-order valence-corrected chi connectivity index (χ1v) is 5.59. The second-order valence-corrected chi connectivity index (χ2v) is 4.07. The molecule has 1 aliphatic rings. The quantitative estimate of drug-likeness (QED) is 0.840. The molecule has 90 valence electrons. The van der Waals surface area contributed by atoms with Crippen molar-refractivity contribution >= 4 is 0 Å². The van der Waals surface area contributed by atoms with Crippen molar-refractivity contribution in [3.05, 3.63) is 48.1 Å². The number of phenolic OH excluding ortho intramolecular Hbond substituents is 1. The van der Waals surface area contributed by atoms with Crippen LogP contribution in [-0.2, 0) is 0 Å². The van der Waals surface area contributed by atoms with E-state index in [1.165, 1.54) is 7.11 Å². The fraction of sp³-hybridized carbons (Fsp3) is 0.286. The van der Waals surface area contributed by atoms with Gasteiger partial charge in [-0.05, 0) is 17.7 Å². The van der Waals surface area contributed by atoms with Crippen molar-refractivity contribution in [3.63, 3.8) is 0 Å². The summed E-state index contributed by atoms with van der Waals surface area (Å²) < 4.78 is 5.09. The van der Waals surface area contributed by atoms with Gasteiger partial charge in [0.2, 0.25) is 0 Å². The van der Waals surface area contributed by atoms with Gasteiger partial charge in [-0.1, -0.05) is 30.4 Å². The number of ether oxygens (including phenoxy) is 1. The van der Waals surface area contributed by atoms with Crippen LogP contribution in [0.3, 0.4) is 0 Å². The summed E-state index contributed by atoms with van der Waals surface area (Å²) in [5.74, 6) is 0.794. The van der Waals surface area contributed by atoms with Crippen molar-refractivity contribution in [2.24, 2.45) is 5.92 Å². The van der Waals surface area contributed by atoms with Gasteiger partial charge in [0.25, 0.3) is 0 Å². The van der Waals surface area contributed by atoms with Crippen LogP contribution in [0.4, 0.5) is 0 Å². The Bertz CT molecular complexity index is 449. The minimum atomic E-state index is 0.0780. The van der Waals surface area contributed by atoms with Crippen LogP contribution < -0.4 is 4.74 Å². The van der Waals surface area contributed by atoms with Crippen LogP contribution in [0, 0.1) is 5.92 Å². The number of methoxy groups -OCH3 is 1. The molecular weight excluding hydrogens is 216 g/mol. The highest BCUT2D eigenvalue weighted by Gasteiger charge is 2.20. The number of aliphatic hydroxyl groups is 1. The number of phenols is 1. The van der Waals surface area contributed by atoms with Gasteiger partial charge in [-0.25, -0.2) is 0 Å². The molecule has 3 heteroatoms. The van der Waals surface area contributed by atoms with Gasteiger partial charge < -0.3 is 14.9 Å². The van der Waals surface area contributed by atoms with E-state index in [-0.39, 0.29) is 24.2 Å². The zero-order valence-electron chi connectivity index (χ0n) is 9.71. The Balaban J connectivity index is 2.33. The second kappa shape index (κ2) is 5.06. The van der Waals surface area contributed by atoms with Crippen LogP contribution in [0.15, 0.2) is 42.5 Å². The highest BCUT2D eigenvalue weighted by Crippen LogP contribution is 2.35. The largest absolute Gasteiger partial charge is 0.504 e. The molecule has 2 rings (SSSR count). The molecule has 0 radical (unpaired) electrons. The van der Waals surface area contributed by atoms with Gasteiger partial charge in [0.1, 0.15) is 0 Å². The van der Waals surface area contributed by atoms with Crippen LogP contribution in [-0.4, -0.2) is 23.9 Å². The van der Waals surface area contributed by atoms with E-state index in [0.29, 0.717) is 5.75 Å². The molecule has 0 fully saturated rings. The molecule has 1 aromatic carbocycles. The third kappa shape index (κ3) is 2.34. The predicted octanol–water partition coefficient (Wildman–Crippen LogP) is 2.22. The molecular formula is C14H16O3. The number of benzene rings is 1. The maximum absolute atomic E-state index is 9.55. The molecule has 0 amide bonds. The third-order valence-electron chi connectivity index (χ3n) is 3.05. The van der Waals surface area contributed by atoms with Gasteiger partial charge in [0.05, 0.1) is 13.7 Å². The summed E-state index contributed by atoms with van der Waals surface area (Å²) in [7, 11) is 1.53. The third-order valence-corrected chi connectivity index (χ3v) is 3.05. The molecule has 1 aliphatic carbocycles. The lowest BCUT2D eigenvalue weighted by molar-refractivity contribution is 0.242. The number of aliphatic hydroxyl groups excluding tert-OH is 1. The predicted molar refractivity (Wildman–Crippen MR) is 66.3 cm³/mol. The first-order valence-electron chi connectivity index (χ1n) is 5.59. The molecule has 0 aromatic heterocycles. The summed E-state index contributed by atoms with van der Waals surface area (Å²) >= 11 is 0. The lowest BCUT2D eigenvalue weighted by Crippen LogP contribution is -2.14. The molecule has 2 atom stereocenters. The van der Waals surface area contributed by atoms with E-state index in [0.717, 1.165) is 5.56 Å². The van der Waals surface area contributed by atoms with Gasteiger partial charge in [0, 0.05) is 11.8 Å². The van der Waals surface area contributed by atoms with Crippen LogP contribution >= 0.6 is 0 Å². The zero-order chi connectivity index (χ0) is 12.3. The monoisotopic (exact) mass is 232 g/mol. The van der Waals surface area contributed by atoms with Gasteiger partial charge in [-0.15, -0.1) is 0 Å². The van der Waals surface area contributed by atoms with Crippen LogP contribution in [0.1, 0.15) is 11.5 Å². The average Bonchev–Trinajstić information content (AvgIpc) is 2.39. The van der Waals surface area contributed by atoms with Crippen molar-refractivity contribution in [1.29, 1.82) is 0 Å².